The molecular weight excluding hydrogens is 412 g/mol. The van der Waals surface area contributed by atoms with Crippen LogP contribution in [-0.2, 0) is 34.4 Å². The van der Waals surface area contributed by atoms with E-state index in [-0.39, 0.29) is 44.5 Å². The van der Waals surface area contributed by atoms with Crippen molar-refractivity contribution >= 4 is 32.0 Å². The van der Waals surface area contributed by atoms with Crippen molar-refractivity contribution in [2.24, 2.45) is 0 Å². The minimum atomic E-state index is -3.44. The summed E-state index contributed by atoms with van der Waals surface area (Å²) in [4.78, 5) is 22.9. The van der Waals surface area contributed by atoms with Crippen molar-refractivity contribution in [2.75, 3.05) is 19.7 Å². The molecule has 3 N–H and O–H groups in total. The number of carboxylic acids is 1. The van der Waals surface area contributed by atoms with Gasteiger partial charge in [-0.05, 0) is 47.0 Å². The van der Waals surface area contributed by atoms with Crippen LogP contribution in [0.4, 0.5) is 0 Å². The molecule has 0 radical (unpaired) electrons. The maximum atomic E-state index is 12.0. The number of hydrogen-bond donors (Lipinski definition) is 3. The first-order chi connectivity index (χ1) is 12.8. The van der Waals surface area contributed by atoms with Crippen LogP contribution in [-0.4, -0.2) is 64.1 Å². The van der Waals surface area contributed by atoms with E-state index in [1.54, 1.807) is 0 Å². The molecule has 0 rings (SSSR count). The molecule has 0 aliphatic carbocycles. The second kappa shape index (κ2) is 12.1. The Morgan fingerprint density at radius 2 is 1.39 bits per heavy atom. The number of rotatable bonds is 14. The molecule has 28 heavy (non-hydrogen) atoms. The number of esters is 1. The Kier molecular flexibility index (Phi) is 11.5. The van der Waals surface area contributed by atoms with Gasteiger partial charge in [-0.2, -0.15) is 0 Å². The van der Waals surface area contributed by atoms with Gasteiger partial charge in [-0.1, -0.05) is 0 Å². The zero-order chi connectivity index (χ0) is 22.0. The molecule has 0 aliphatic rings. The molecule has 0 aromatic rings. The Morgan fingerprint density at radius 1 is 0.929 bits per heavy atom. The normalized spacial score (nSPS) is 13.1. The Balaban J connectivity index is 4.47. The van der Waals surface area contributed by atoms with Gasteiger partial charge in [0.2, 0.25) is 20.0 Å². The average molecular weight is 443 g/mol. The molecule has 0 unspecified atom stereocenters. The number of sulfonamides is 2. The van der Waals surface area contributed by atoms with Crippen LogP contribution in [0.5, 0.6) is 0 Å². The molecule has 164 valence electrons. The zero-order valence-electron chi connectivity index (χ0n) is 16.6. The molecule has 0 bridgehead atoms. The number of aliphatic carboxylic acids is 1. The summed E-state index contributed by atoms with van der Waals surface area (Å²) >= 11 is 0. The Labute approximate surface area is 166 Å². The average Bonchev–Trinajstić information content (AvgIpc) is 2.56. The number of carboxylic acid groups (broad SMARTS) is 1. The lowest BCUT2D eigenvalue weighted by Gasteiger charge is -2.11. The van der Waals surface area contributed by atoms with Gasteiger partial charge in [0.1, 0.15) is 0 Å². The van der Waals surface area contributed by atoms with Crippen LogP contribution in [0.25, 0.3) is 0 Å². The summed E-state index contributed by atoms with van der Waals surface area (Å²) in [5, 5.41) is 7.70. The fourth-order valence-corrected chi connectivity index (χ4v) is 3.28. The predicted molar refractivity (Wildman–Crippen MR) is 105 cm³/mol. The Bertz CT molecular complexity index is 756. The van der Waals surface area contributed by atoms with Gasteiger partial charge in [0.05, 0.1) is 17.1 Å². The number of ether oxygens (including phenoxy) is 1. The van der Waals surface area contributed by atoms with Crippen molar-refractivity contribution in [1.82, 2.24) is 9.44 Å². The fourth-order valence-electron chi connectivity index (χ4n) is 1.75. The fraction of sp³-hybridized carbons (Fsp3) is 0.750. The van der Waals surface area contributed by atoms with Gasteiger partial charge in [-0.25, -0.2) is 35.9 Å². The van der Waals surface area contributed by atoms with E-state index in [2.05, 4.69) is 9.44 Å². The molecule has 0 heterocycles. The van der Waals surface area contributed by atoms with Gasteiger partial charge < -0.3 is 9.84 Å². The van der Waals surface area contributed by atoms with Gasteiger partial charge in [0.15, 0.2) is 0 Å². The third-order valence-corrected chi connectivity index (χ3v) is 7.28. The maximum Gasteiger partial charge on any atom is 0.334 e. The lowest BCUT2D eigenvalue weighted by Crippen LogP contribution is -2.32. The number of carbonyl (C=O) groups excluding carboxylic acids is 1. The lowest BCUT2D eigenvalue weighted by atomic mass is 10.1. The highest BCUT2D eigenvalue weighted by Crippen LogP contribution is 2.08. The van der Waals surface area contributed by atoms with E-state index in [1.165, 1.54) is 27.7 Å². The van der Waals surface area contributed by atoms with Gasteiger partial charge in [-0.15, -0.1) is 0 Å². The first-order valence-electron chi connectivity index (χ1n) is 8.87. The van der Waals surface area contributed by atoms with E-state index in [4.69, 9.17) is 9.84 Å². The molecule has 0 atom stereocenters. The summed E-state index contributed by atoms with van der Waals surface area (Å²) in [5.74, 6) is -2.15. The van der Waals surface area contributed by atoms with Crippen LogP contribution in [0.15, 0.2) is 11.6 Å². The summed E-state index contributed by atoms with van der Waals surface area (Å²) in [6.07, 6.45) is 1.19. The van der Waals surface area contributed by atoms with E-state index in [9.17, 15) is 26.4 Å². The SMILES string of the molecule is CC(C)S(=O)(=O)NCCCOC(=O)C(=CC(=O)O)CCCNS(=O)(=O)C(C)C. The highest BCUT2D eigenvalue weighted by molar-refractivity contribution is 7.90. The molecule has 0 amide bonds. The minimum Gasteiger partial charge on any atom is -0.478 e. The van der Waals surface area contributed by atoms with Gasteiger partial charge in [-0.3, -0.25) is 0 Å². The first kappa shape index (κ1) is 26.5. The number of hydrogen-bond acceptors (Lipinski definition) is 7. The van der Waals surface area contributed by atoms with E-state index in [0.717, 1.165) is 6.08 Å². The third kappa shape index (κ3) is 10.7. The van der Waals surface area contributed by atoms with Gasteiger partial charge in [0.25, 0.3) is 0 Å². The van der Waals surface area contributed by atoms with Crippen LogP contribution >= 0.6 is 0 Å². The third-order valence-electron chi connectivity index (χ3n) is 3.58. The molecule has 0 fully saturated rings. The highest BCUT2D eigenvalue weighted by atomic mass is 32.2. The molecular formula is C16H30N2O8S2. The van der Waals surface area contributed by atoms with E-state index in [0.29, 0.717) is 0 Å². The molecule has 0 aromatic carbocycles. The van der Waals surface area contributed by atoms with Crippen LogP contribution in [0.1, 0.15) is 47.0 Å². The summed E-state index contributed by atoms with van der Waals surface area (Å²) in [6.45, 7) is 6.17. The highest BCUT2D eigenvalue weighted by Gasteiger charge is 2.17. The van der Waals surface area contributed by atoms with Crippen LogP contribution in [0, 0.1) is 0 Å². The van der Waals surface area contributed by atoms with Crippen molar-refractivity contribution in [3.63, 3.8) is 0 Å². The molecule has 0 saturated heterocycles. The van der Waals surface area contributed by atoms with Crippen molar-refractivity contribution in [3.8, 4) is 0 Å². The van der Waals surface area contributed by atoms with E-state index < -0.39 is 42.5 Å². The topological polar surface area (TPSA) is 156 Å². The monoisotopic (exact) mass is 442 g/mol. The molecule has 12 heteroatoms. The van der Waals surface area contributed by atoms with Crippen molar-refractivity contribution < 1.29 is 36.3 Å². The molecule has 0 aromatic heterocycles. The molecule has 0 spiro atoms. The first-order valence-corrected chi connectivity index (χ1v) is 12.0. The van der Waals surface area contributed by atoms with Crippen LogP contribution in [0.2, 0.25) is 0 Å². The molecule has 0 aliphatic heterocycles. The minimum absolute atomic E-state index is 0.0196. The largest absolute Gasteiger partial charge is 0.478 e. The standard InChI is InChI=1S/C16H30N2O8S2/c1-12(2)27(22,23)17-8-5-7-14(11-15(19)20)16(21)26-10-6-9-18-28(24,25)13(3)4/h11-13,17-18H,5-10H2,1-4H3,(H,19,20). The molecule has 10 nitrogen and oxygen atoms in total. The van der Waals surface area contributed by atoms with Crippen molar-refractivity contribution in [3.05, 3.63) is 11.6 Å². The zero-order valence-corrected chi connectivity index (χ0v) is 18.2. The predicted octanol–water partition coefficient (Wildman–Crippen LogP) is 0.367. The van der Waals surface area contributed by atoms with Crippen molar-refractivity contribution in [2.45, 2.75) is 57.5 Å². The molecule has 0 saturated carbocycles. The Hall–Kier alpha value is -1.50. The number of carbonyl (C=O) groups is 2. The summed E-state index contributed by atoms with van der Waals surface area (Å²) in [5.41, 5.74) is -0.0981. The summed E-state index contributed by atoms with van der Waals surface area (Å²) in [6, 6.07) is 0. The summed E-state index contributed by atoms with van der Waals surface area (Å²) < 4.78 is 56.1. The second-order valence-electron chi connectivity index (χ2n) is 6.58. The van der Waals surface area contributed by atoms with E-state index in [1.807, 2.05) is 0 Å². The lowest BCUT2D eigenvalue weighted by molar-refractivity contribution is -0.140. The van der Waals surface area contributed by atoms with E-state index >= 15 is 0 Å². The quantitative estimate of drug-likeness (QED) is 0.198. The maximum absolute atomic E-state index is 12.0. The smallest absolute Gasteiger partial charge is 0.334 e. The van der Waals surface area contributed by atoms with Crippen LogP contribution in [0.3, 0.4) is 0 Å². The number of nitrogens with one attached hydrogen (secondary N) is 2. The van der Waals surface area contributed by atoms with Crippen molar-refractivity contribution in [1.29, 1.82) is 0 Å². The van der Waals surface area contributed by atoms with Gasteiger partial charge in [0, 0.05) is 24.7 Å². The summed E-state index contributed by atoms with van der Waals surface area (Å²) in [7, 11) is -6.84. The van der Waals surface area contributed by atoms with Gasteiger partial charge >= 0.3 is 11.9 Å². The Morgan fingerprint density at radius 3 is 1.82 bits per heavy atom. The second-order valence-corrected chi connectivity index (χ2v) is 11.2. The van der Waals surface area contributed by atoms with Crippen LogP contribution < -0.4 is 9.44 Å².